The number of hydrogen-bond donors (Lipinski definition) is 0. The molecule has 21 heavy (non-hydrogen) atoms. The Labute approximate surface area is 127 Å². The fourth-order valence-corrected chi connectivity index (χ4v) is 2.16. The fourth-order valence-electron chi connectivity index (χ4n) is 2.16. The van der Waals surface area contributed by atoms with E-state index >= 15 is 0 Å². The maximum absolute atomic E-state index is 12.1. The van der Waals surface area contributed by atoms with Gasteiger partial charge in [-0.3, -0.25) is 9.59 Å². The standard InChI is InChI=1S/C15H28N2O4/c1-15(2,3)11-13(18)16-5-7-17(8-6-16)14(19)12-21-10-9-20-4/h5-12H2,1-4H3. The second kappa shape index (κ2) is 8.34. The van der Waals surface area contributed by atoms with Gasteiger partial charge < -0.3 is 19.3 Å². The van der Waals surface area contributed by atoms with Crippen molar-refractivity contribution in [2.45, 2.75) is 27.2 Å². The highest BCUT2D eigenvalue weighted by Crippen LogP contribution is 2.20. The zero-order chi connectivity index (χ0) is 15.9. The minimum Gasteiger partial charge on any atom is -0.382 e. The topological polar surface area (TPSA) is 59.1 Å². The highest BCUT2D eigenvalue weighted by atomic mass is 16.5. The minimum absolute atomic E-state index is 0.000768. The lowest BCUT2D eigenvalue weighted by atomic mass is 9.91. The Balaban J connectivity index is 2.28. The summed E-state index contributed by atoms with van der Waals surface area (Å²) in [6.45, 7) is 9.56. The number of nitrogens with zero attached hydrogens (tertiary/aromatic N) is 2. The van der Waals surface area contributed by atoms with Gasteiger partial charge in [-0.05, 0) is 5.41 Å². The van der Waals surface area contributed by atoms with Gasteiger partial charge in [0.2, 0.25) is 11.8 Å². The van der Waals surface area contributed by atoms with Crippen molar-refractivity contribution in [1.29, 1.82) is 0 Å². The molecule has 0 saturated carbocycles. The predicted octanol–water partition coefficient (Wildman–Crippen LogP) is 0.756. The maximum Gasteiger partial charge on any atom is 0.248 e. The number of carbonyl (C=O) groups excluding carboxylic acids is 2. The molecule has 1 aliphatic heterocycles. The summed E-state index contributed by atoms with van der Waals surface area (Å²) in [5.41, 5.74) is -0.000768. The molecule has 0 aliphatic carbocycles. The summed E-state index contributed by atoms with van der Waals surface area (Å²) in [5.74, 6) is 0.153. The van der Waals surface area contributed by atoms with Crippen LogP contribution in [0.4, 0.5) is 0 Å². The van der Waals surface area contributed by atoms with Crippen LogP contribution in [0.5, 0.6) is 0 Å². The van der Waals surface area contributed by atoms with Crippen molar-refractivity contribution in [3.8, 4) is 0 Å². The Kier molecular flexibility index (Phi) is 7.11. The van der Waals surface area contributed by atoms with Crippen LogP contribution in [0, 0.1) is 5.41 Å². The first-order chi connectivity index (χ1) is 9.83. The molecule has 1 rings (SSSR count). The van der Waals surface area contributed by atoms with E-state index in [1.807, 2.05) is 4.90 Å². The summed E-state index contributed by atoms with van der Waals surface area (Å²) in [7, 11) is 1.60. The van der Waals surface area contributed by atoms with Gasteiger partial charge in [0, 0.05) is 39.7 Å². The van der Waals surface area contributed by atoms with Crippen LogP contribution in [-0.4, -0.2) is 74.7 Å². The maximum atomic E-state index is 12.1. The van der Waals surface area contributed by atoms with Gasteiger partial charge in [-0.15, -0.1) is 0 Å². The number of rotatable bonds is 6. The number of amides is 2. The van der Waals surface area contributed by atoms with Gasteiger partial charge in [0.05, 0.1) is 13.2 Å². The normalized spacial score (nSPS) is 16.2. The van der Waals surface area contributed by atoms with Crippen molar-refractivity contribution < 1.29 is 19.1 Å². The largest absolute Gasteiger partial charge is 0.382 e. The molecule has 0 aromatic heterocycles. The van der Waals surface area contributed by atoms with Crippen LogP contribution in [0.2, 0.25) is 0 Å². The van der Waals surface area contributed by atoms with Gasteiger partial charge in [-0.2, -0.15) is 0 Å². The molecule has 0 spiro atoms. The summed E-state index contributed by atoms with van der Waals surface area (Å²) >= 11 is 0. The molecule has 0 aromatic rings. The number of piperazine rings is 1. The molecule has 0 unspecified atom stereocenters. The molecular weight excluding hydrogens is 272 g/mol. The smallest absolute Gasteiger partial charge is 0.248 e. The number of ether oxygens (including phenoxy) is 2. The van der Waals surface area contributed by atoms with E-state index in [-0.39, 0.29) is 23.8 Å². The van der Waals surface area contributed by atoms with E-state index in [9.17, 15) is 9.59 Å². The number of hydrogen-bond acceptors (Lipinski definition) is 4. The van der Waals surface area contributed by atoms with Crippen LogP contribution in [-0.2, 0) is 19.1 Å². The highest BCUT2D eigenvalue weighted by Gasteiger charge is 2.26. The summed E-state index contributed by atoms with van der Waals surface area (Å²) in [6, 6.07) is 0. The summed E-state index contributed by atoms with van der Waals surface area (Å²) in [5, 5.41) is 0. The van der Waals surface area contributed by atoms with E-state index in [4.69, 9.17) is 9.47 Å². The van der Waals surface area contributed by atoms with Crippen LogP contribution >= 0.6 is 0 Å². The van der Waals surface area contributed by atoms with Crippen LogP contribution in [0.3, 0.4) is 0 Å². The molecule has 0 aromatic carbocycles. The molecule has 1 heterocycles. The summed E-state index contributed by atoms with van der Waals surface area (Å²) in [6.07, 6.45) is 0.543. The zero-order valence-corrected chi connectivity index (χ0v) is 13.7. The Bertz CT molecular complexity index is 344. The molecule has 0 N–H and O–H groups in total. The van der Waals surface area contributed by atoms with Gasteiger partial charge in [-0.25, -0.2) is 0 Å². The van der Waals surface area contributed by atoms with Gasteiger partial charge in [-0.1, -0.05) is 20.8 Å². The first kappa shape index (κ1) is 17.9. The highest BCUT2D eigenvalue weighted by molar-refractivity contribution is 5.79. The van der Waals surface area contributed by atoms with E-state index in [1.54, 1.807) is 12.0 Å². The third-order valence-electron chi connectivity index (χ3n) is 3.32. The molecule has 2 amide bonds. The average molecular weight is 300 g/mol. The van der Waals surface area contributed by atoms with E-state index < -0.39 is 0 Å². The molecule has 1 fully saturated rings. The van der Waals surface area contributed by atoms with E-state index in [1.165, 1.54) is 0 Å². The Morgan fingerprint density at radius 1 is 0.952 bits per heavy atom. The number of methoxy groups -OCH3 is 1. The SMILES string of the molecule is COCCOCC(=O)N1CCN(C(=O)CC(C)(C)C)CC1. The van der Waals surface area contributed by atoms with E-state index in [0.29, 0.717) is 45.8 Å². The monoisotopic (exact) mass is 300 g/mol. The van der Waals surface area contributed by atoms with Crippen molar-refractivity contribution >= 4 is 11.8 Å². The van der Waals surface area contributed by atoms with Crippen molar-refractivity contribution in [3.05, 3.63) is 0 Å². The molecule has 6 nitrogen and oxygen atoms in total. The Hall–Kier alpha value is -1.14. The van der Waals surface area contributed by atoms with E-state index in [2.05, 4.69) is 20.8 Å². The van der Waals surface area contributed by atoms with Gasteiger partial charge >= 0.3 is 0 Å². The van der Waals surface area contributed by atoms with Crippen molar-refractivity contribution in [1.82, 2.24) is 9.80 Å². The lowest BCUT2D eigenvalue weighted by Crippen LogP contribution is -2.51. The first-order valence-corrected chi connectivity index (χ1v) is 7.46. The van der Waals surface area contributed by atoms with Crippen molar-refractivity contribution in [3.63, 3.8) is 0 Å². The van der Waals surface area contributed by atoms with Crippen LogP contribution in [0.1, 0.15) is 27.2 Å². The molecule has 0 bridgehead atoms. The van der Waals surface area contributed by atoms with Crippen LogP contribution in [0.15, 0.2) is 0 Å². The molecule has 1 saturated heterocycles. The van der Waals surface area contributed by atoms with Crippen molar-refractivity contribution in [2.24, 2.45) is 5.41 Å². The van der Waals surface area contributed by atoms with Crippen LogP contribution in [0.25, 0.3) is 0 Å². The first-order valence-electron chi connectivity index (χ1n) is 7.46. The van der Waals surface area contributed by atoms with Gasteiger partial charge in [0.1, 0.15) is 6.61 Å². The fraction of sp³-hybridized carbons (Fsp3) is 0.867. The predicted molar refractivity (Wildman–Crippen MR) is 79.9 cm³/mol. The molecule has 0 radical (unpaired) electrons. The quantitative estimate of drug-likeness (QED) is 0.680. The average Bonchev–Trinajstić information content (AvgIpc) is 2.41. The second-order valence-corrected chi connectivity index (χ2v) is 6.54. The molecule has 1 aliphatic rings. The third-order valence-corrected chi connectivity index (χ3v) is 3.32. The lowest BCUT2D eigenvalue weighted by molar-refractivity contribution is -0.143. The summed E-state index contributed by atoms with van der Waals surface area (Å²) in [4.78, 5) is 27.6. The molecular formula is C15H28N2O4. The summed E-state index contributed by atoms with van der Waals surface area (Å²) < 4.78 is 10.1. The van der Waals surface area contributed by atoms with Crippen molar-refractivity contribution in [2.75, 3.05) is 53.1 Å². The minimum atomic E-state index is -0.0194. The lowest BCUT2D eigenvalue weighted by Gasteiger charge is -2.36. The third kappa shape index (κ3) is 6.91. The molecule has 6 heteroatoms. The zero-order valence-electron chi connectivity index (χ0n) is 13.7. The molecule has 122 valence electrons. The second-order valence-electron chi connectivity index (χ2n) is 6.54. The Morgan fingerprint density at radius 3 is 1.95 bits per heavy atom. The van der Waals surface area contributed by atoms with Gasteiger partial charge in [0.25, 0.3) is 0 Å². The Morgan fingerprint density at radius 2 is 1.48 bits per heavy atom. The van der Waals surface area contributed by atoms with Gasteiger partial charge in [0.15, 0.2) is 0 Å². The van der Waals surface area contributed by atoms with Crippen LogP contribution < -0.4 is 0 Å². The number of carbonyl (C=O) groups is 2. The van der Waals surface area contributed by atoms with E-state index in [0.717, 1.165) is 0 Å². The molecule has 0 atom stereocenters.